The summed E-state index contributed by atoms with van der Waals surface area (Å²) in [5.41, 5.74) is 1.23. The molecule has 0 aromatic heterocycles. The van der Waals surface area contributed by atoms with Gasteiger partial charge in [0.05, 0.1) is 18.1 Å². The number of carboxylic acids is 1. The minimum atomic E-state index is -0.954. The number of rotatable bonds is 6. The maximum absolute atomic E-state index is 12.3. The third-order valence-corrected chi connectivity index (χ3v) is 5.34. The SMILES string of the molecule is CCOC1CC(NC(=O)Cc2ccc(C(=O)O)cc2)C12CCC2. The fourth-order valence-electron chi connectivity index (χ4n) is 3.84. The minimum Gasteiger partial charge on any atom is -0.478 e. The van der Waals surface area contributed by atoms with Crippen LogP contribution in [0.4, 0.5) is 0 Å². The summed E-state index contributed by atoms with van der Waals surface area (Å²) in [6.45, 7) is 2.74. The Labute approximate surface area is 136 Å². The number of aromatic carboxylic acids is 1. The zero-order valence-corrected chi connectivity index (χ0v) is 13.4. The van der Waals surface area contributed by atoms with E-state index in [0.717, 1.165) is 31.4 Å². The van der Waals surface area contributed by atoms with Crippen LogP contribution in [-0.2, 0) is 16.0 Å². The number of benzene rings is 1. The van der Waals surface area contributed by atoms with E-state index in [4.69, 9.17) is 9.84 Å². The number of carbonyl (C=O) groups excluding carboxylic acids is 1. The summed E-state index contributed by atoms with van der Waals surface area (Å²) in [6.07, 6.45) is 4.96. The Morgan fingerprint density at radius 2 is 2.00 bits per heavy atom. The summed E-state index contributed by atoms with van der Waals surface area (Å²) in [7, 11) is 0. The lowest BCUT2D eigenvalue weighted by Crippen LogP contribution is -2.67. The summed E-state index contributed by atoms with van der Waals surface area (Å²) in [5, 5.41) is 12.0. The van der Waals surface area contributed by atoms with E-state index in [1.165, 1.54) is 18.6 Å². The molecule has 2 aliphatic rings. The van der Waals surface area contributed by atoms with Crippen molar-refractivity contribution in [3.8, 4) is 0 Å². The number of hydrogen-bond donors (Lipinski definition) is 2. The number of nitrogens with one attached hydrogen (secondary N) is 1. The van der Waals surface area contributed by atoms with Gasteiger partial charge in [0.1, 0.15) is 0 Å². The second-order valence-corrected chi connectivity index (χ2v) is 6.57. The Bertz CT molecular complexity index is 592. The van der Waals surface area contributed by atoms with Gasteiger partial charge in [0.15, 0.2) is 0 Å². The van der Waals surface area contributed by atoms with Crippen LogP contribution in [0.5, 0.6) is 0 Å². The Balaban J connectivity index is 1.55. The predicted octanol–water partition coefficient (Wildman–Crippen LogP) is 2.39. The highest BCUT2D eigenvalue weighted by Crippen LogP contribution is 2.57. The van der Waals surface area contributed by atoms with Crippen LogP contribution >= 0.6 is 0 Å². The van der Waals surface area contributed by atoms with Crippen LogP contribution in [-0.4, -0.2) is 35.7 Å². The lowest BCUT2D eigenvalue weighted by atomic mass is 9.51. The maximum Gasteiger partial charge on any atom is 0.335 e. The number of amides is 1. The zero-order chi connectivity index (χ0) is 16.4. The summed E-state index contributed by atoms with van der Waals surface area (Å²) in [6, 6.07) is 6.69. The lowest BCUT2D eigenvalue weighted by molar-refractivity contribution is -0.175. The van der Waals surface area contributed by atoms with Gasteiger partial charge < -0.3 is 15.2 Å². The first-order chi connectivity index (χ1) is 11.0. The van der Waals surface area contributed by atoms with Crippen LogP contribution in [0.2, 0.25) is 0 Å². The average Bonchev–Trinajstić information content (AvgIpc) is 2.44. The van der Waals surface area contributed by atoms with E-state index in [1.807, 2.05) is 6.92 Å². The molecule has 23 heavy (non-hydrogen) atoms. The average molecular weight is 317 g/mol. The fourth-order valence-corrected chi connectivity index (χ4v) is 3.84. The number of carboxylic acid groups (broad SMARTS) is 1. The van der Waals surface area contributed by atoms with E-state index in [9.17, 15) is 9.59 Å². The van der Waals surface area contributed by atoms with Gasteiger partial charge in [0, 0.05) is 18.1 Å². The smallest absolute Gasteiger partial charge is 0.335 e. The van der Waals surface area contributed by atoms with Gasteiger partial charge in [-0.05, 0) is 43.9 Å². The molecular formula is C18H23NO4. The summed E-state index contributed by atoms with van der Waals surface area (Å²) in [4.78, 5) is 23.1. The Morgan fingerprint density at radius 1 is 1.30 bits per heavy atom. The van der Waals surface area contributed by atoms with E-state index < -0.39 is 5.97 Å². The molecule has 2 atom stereocenters. The van der Waals surface area contributed by atoms with Crippen LogP contribution in [0.25, 0.3) is 0 Å². The highest BCUT2D eigenvalue weighted by Gasteiger charge is 2.59. The van der Waals surface area contributed by atoms with Crippen molar-refractivity contribution in [3.63, 3.8) is 0 Å². The second-order valence-electron chi connectivity index (χ2n) is 6.57. The highest BCUT2D eigenvalue weighted by atomic mass is 16.5. The van der Waals surface area contributed by atoms with Gasteiger partial charge in [0.25, 0.3) is 0 Å². The van der Waals surface area contributed by atoms with Crippen molar-refractivity contribution in [2.45, 2.75) is 51.2 Å². The van der Waals surface area contributed by atoms with Gasteiger partial charge >= 0.3 is 5.97 Å². The number of ether oxygens (including phenoxy) is 1. The van der Waals surface area contributed by atoms with Crippen molar-refractivity contribution in [3.05, 3.63) is 35.4 Å². The zero-order valence-electron chi connectivity index (χ0n) is 13.4. The predicted molar refractivity (Wildman–Crippen MR) is 85.4 cm³/mol. The Morgan fingerprint density at radius 3 is 2.52 bits per heavy atom. The van der Waals surface area contributed by atoms with Crippen molar-refractivity contribution in [2.75, 3.05) is 6.61 Å². The molecule has 2 fully saturated rings. The van der Waals surface area contributed by atoms with Crippen LogP contribution in [0.1, 0.15) is 48.5 Å². The molecule has 5 nitrogen and oxygen atoms in total. The molecule has 1 aromatic carbocycles. The van der Waals surface area contributed by atoms with E-state index in [2.05, 4.69) is 5.32 Å². The molecule has 1 spiro atoms. The standard InChI is InChI=1S/C18H23NO4/c1-2-23-15-11-14(18(15)8-3-9-18)19-16(20)10-12-4-6-13(7-5-12)17(21)22/h4-7,14-15H,2-3,8-11H2,1H3,(H,19,20)(H,21,22). The normalized spacial score (nSPS) is 24.6. The maximum atomic E-state index is 12.3. The van der Waals surface area contributed by atoms with Crippen molar-refractivity contribution >= 4 is 11.9 Å². The summed E-state index contributed by atoms with van der Waals surface area (Å²) < 4.78 is 5.79. The first-order valence-corrected chi connectivity index (χ1v) is 8.28. The quantitative estimate of drug-likeness (QED) is 0.845. The fraction of sp³-hybridized carbons (Fsp3) is 0.556. The lowest BCUT2D eigenvalue weighted by Gasteiger charge is -2.61. The van der Waals surface area contributed by atoms with Crippen LogP contribution < -0.4 is 5.32 Å². The molecule has 0 bridgehead atoms. The van der Waals surface area contributed by atoms with Crippen molar-refractivity contribution in [1.29, 1.82) is 0 Å². The third kappa shape index (κ3) is 2.98. The number of hydrogen-bond acceptors (Lipinski definition) is 3. The van der Waals surface area contributed by atoms with Gasteiger partial charge in [-0.2, -0.15) is 0 Å². The molecule has 2 saturated carbocycles. The van der Waals surface area contributed by atoms with Crippen LogP contribution in [0, 0.1) is 5.41 Å². The molecule has 0 radical (unpaired) electrons. The molecular weight excluding hydrogens is 294 g/mol. The largest absolute Gasteiger partial charge is 0.478 e. The van der Waals surface area contributed by atoms with E-state index in [0.29, 0.717) is 6.10 Å². The molecule has 1 amide bonds. The highest BCUT2D eigenvalue weighted by molar-refractivity contribution is 5.87. The third-order valence-electron chi connectivity index (χ3n) is 5.34. The van der Waals surface area contributed by atoms with Crippen molar-refractivity contribution < 1.29 is 19.4 Å². The van der Waals surface area contributed by atoms with E-state index in [-0.39, 0.29) is 29.3 Å². The molecule has 2 N–H and O–H groups in total. The first kappa shape index (κ1) is 16.0. The molecule has 2 unspecified atom stereocenters. The molecule has 124 valence electrons. The van der Waals surface area contributed by atoms with E-state index in [1.54, 1.807) is 12.1 Å². The van der Waals surface area contributed by atoms with Crippen molar-refractivity contribution in [2.24, 2.45) is 5.41 Å². The van der Waals surface area contributed by atoms with Crippen molar-refractivity contribution in [1.82, 2.24) is 5.32 Å². The van der Waals surface area contributed by atoms with Gasteiger partial charge in [-0.25, -0.2) is 4.79 Å². The molecule has 1 aromatic rings. The molecule has 2 aliphatic carbocycles. The van der Waals surface area contributed by atoms with E-state index >= 15 is 0 Å². The van der Waals surface area contributed by atoms with Crippen LogP contribution in [0.15, 0.2) is 24.3 Å². The molecule has 0 heterocycles. The Hall–Kier alpha value is -1.88. The monoisotopic (exact) mass is 317 g/mol. The summed E-state index contributed by atoms with van der Waals surface area (Å²) in [5.74, 6) is -0.955. The van der Waals surface area contributed by atoms with Gasteiger partial charge in [-0.15, -0.1) is 0 Å². The van der Waals surface area contributed by atoms with Gasteiger partial charge in [-0.3, -0.25) is 4.79 Å². The van der Waals surface area contributed by atoms with Gasteiger partial charge in [0.2, 0.25) is 5.91 Å². The molecule has 0 saturated heterocycles. The topological polar surface area (TPSA) is 75.6 Å². The molecule has 0 aliphatic heterocycles. The van der Waals surface area contributed by atoms with Crippen LogP contribution in [0.3, 0.4) is 0 Å². The molecule has 3 rings (SSSR count). The minimum absolute atomic E-state index is 0.000650. The second kappa shape index (κ2) is 6.32. The first-order valence-electron chi connectivity index (χ1n) is 8.28. The number of carbonyl (C=O) groups is 2. The Kier molecular flexibility index (Phi) is 4.39. The van der Waals surface area contributed by atoms with Gasteiger partial charge in [-0.1, -0.05) is 18.6 Å². The molecule has 5 heteroatoms. The summed E-state index contributed by atoms with van der Waals surface area (Å²) >= 11 is 0.